The number of para-hydroxylation sites is 1. The summed E-state index contributed by atoms with van der Waals surface area (Å²) in [7, 11) is 1.38. The van der Waals surface area contributed by atoms with E-state index in [1.54, 1.807) is 24.3 Å². The van der Waals surface area contributed by atoms with Crippen molar-refractivity contribution in [2.45, 2.75) is 19.7 Å². The molecule has 0 radical (unpaired) electrons. The van der Waals surface area contributed by atoms with Crippen LogP contribution in [0.4, 0.5) is 13.2 Å². The molecule has 2 aromatic rings. The molecule has 0 atom stereocenters. The van der Waals surface area contributed by atoms with Crippen LogP contribution in [0, 0.1) is 5.82 Å². The molecule has 0 saturated heterocycles. The molecule has 0 amide bonds. The molecule has 1 N–H and O–H groups in total. The van der Waals surface area contributed by atoms with Crippen LogP contribution in [0.15, 0.2) is 36.4 Å². The Labute approximate surface area is 137 Å². The summed E-state index contributed by atoms with van der Waals surface area (Å²) in [5.74, 6) is -0.264. The van der Waals surface area contributed by atoms with Crippen molar-refractivity contribution in [3.8, 4) is 11.5 Å². The van der Waals surface area contributed by atoms with Crippen LogP contribution in [0.3, 0.4) is 0 Å². The number of ether oxygens (including phenoxy) is 2. The standard InChI is InChI=1S/C16H15ClF3NO2/c1-22-14-4-2-3-11(15(14)23-16(19)20)9-21-8-10-5-6-13(18)12(17)7-10/h2-7,16,21H,8-9H2,1H3. The predicted octanol–water partition coefficient (Wildman–Crippen LogP) is 4.38. The third-order valence-corrected chi connectivity index (χ3v) is 3.41. The molecule has 124 valence electrons. The average molecular weight is 346 g/mol. The first-order valence-corrected chi connectivity index (χ1v) is 7.14. The highest BCUT2D eigenvalue weighted by Crippen LogP contribution is 2.32. The summed E-state index contributed by atoms with van der Waals surface area (Å²) >= 11 is 5.71. The molecule has 0 spiro atoms. The van der Waals surface area contributed by atoms with E-state index in [2.05, 4.69) is 10.1 Å². The van der Waals surface area contributed by atoms with Crippen LogP contribution in [-0.2, 0) is 13.1 Å². The zero-order valence-corrected chi connectivity index (χ0v) is 13.0. The molecule has 23 heavy (non-hydrogen) atoms. The van der Waals surface area contributed by atoms with Crippen molar-refractivity contribution in [1.29, 1.82) is 0 Å². The van der Waals surface area contributed by atoms with Crippen molar-refractivity contribution in [3.63, 3.8) is 0 Å². The van der Waals surface area contributed by atoms with Gasteiger partial charge in [0, 0.05) is 18.7 Å². The molecule has 0 aliphatic rings. The van der Waals surface area contributed by atoms with Gasteiger partial charge in [0.15, 0.2) is 11.5 Å². The second kappa shape index (κ2) is 8.08. The molecular formula is C16H15ClF3NO2. The lowest BCUT2D eigenvalue weighted by molar-refractivity contribution is -0.0518. The Morgan fingerprint density at radius 2 is 1.96 bits per heavy atom. The maximum Gasteiger partial charge on any atom is 0.387 e. The smallest absolute Gasteiger partial charge is 0.387 e. The van der Waals surface area contributed by atoms with Crippen LogP contribution in [-0.4, -0.2) is 13.7 Å². The molecule has 0 aliphatic carbocycles. The summed E-state index contributed by atoms with van der Waals surface area (Å²) in [5, 5.41) is 3.10. The van der Waals surface area contributed by atoms with Crippen molar-refractivity contribution >= 4 is 11.6 Å². The Balaban J connectivity index is 2.06. The van der Waals surface area contributed by atoms with E-state index in [9.17, 15) is 13.2 Å². The largest absolute Gasteiger partial charge is 0.493 e. The minimum Gasteiger partial charge on any atom is -0.493 e. The van der Waals surface area contributed by atoms with Gasteiger partial charge in [0.1, 0.15) is 5.82 Å². The predicted molar refractivity (Wildman–Crippen MR) is 81.6 cm³/mol. The first-order chi connectivity index (χ1) is 11.0. The number of hydrogen-bond donors (Lipinski definition) is 1. The van der Waals surface area contributed by atoms with E-state index in [4.69, 9.17) is 16.3 Å². The molecule has 0 aromatic heterocycles. The summed E-state index contributed by atoms with van der Waals surface area (Å²) < 4.78 is 47.7. The van der Waals surface area contributed by atoms with Crippen LogP contribution in [0.5, 0.6) is 11.5 Å². The number of benzene rings is 2. The molecule has 0 unspecified atom stereocenters. The number of methoxy groups -OCH3 is 1. The van der Waals surface area contributed by atoms with Crippen LogP contribution in [0.2, 0.25) is 5.02 Å². The van der Waals surface area contributed by atoms with Gasteiger partial charge >= 0.3 is 6.61 Å². The lowest BCUT2D eigenvalue weighted by atomic mass is 10.1. The van der Waals surface area contributed by atoms with Crippen LogP contribution in [0.25, 0.3) is 0 Å². The van der Waals surface area contributed by atoms with Gasteiger partial charge in [-0.15, -0.1) is 0 Å². The normalized spacial score (nSPS) is 10.9. The Hall–Kier alpha value is -1.92. The third-order valence-electron chi connectivity index (χ3n) is 3.12. The topological polar surface area (TPSA) is 30.5 Å². The molecule has 0 saturated carbocycles. The van der Waals surface area contributed by atoms with Gasteiger partial charge in [-0.25, -0.2) is 4.39 Å². The van der Waals surface area contributed by atoms with Crippen molar-refractivity contribution in [2.24, 2.45) is 0 Å². The molecule has 2 aromatic carbocycles. The fourth-order valence-corrected chi connectivity index (χ4v) is 2.28. The summed E-state index contributed by atoms with van der Waals surface area (Å²) in [6.45, 7) is -2.28. The van der Waals surface area contributed by atoms with E-state index < -0.39 is 12.4 Å². The quantitative estimate of drug-likeness (QED) is 0.808. The van der Waals surface area contributed by atoms with Crippen molar-refractivity contribution in [3.05, 3.63) is 58.4 Å². The summed E-state index contributed by atoms with van der Waals surface area (Å²) in [4.78, 5) is 0. The molecule has 0 aliphatic heterocycles. The van der Waals surface area contributed by atoms with Crippen LogP contribution < -0.4 is 14.8 Å². The number of nitrogens with one attached hydrogen (secondary N) is 1. The second-order valence-corrected chi connectivity index (χ2v) is 5.09. The summed E-state index contributed by atoms with van der Waals surface area (Å²) in [6, 6.07) is 9.26. The lowest BCUT2D eigenvalue weighted by Gasteiger charge is -2.15. The second-order valence-electron chi connectivity index (χ2n) is 4.68. The van der Waals surface area contributed by atoms with Gasteiger partial charge in [0.2, 0.25) is 0 Å². The van der Waals surface area contributed by atoms with Gasteiger partial charge in [0.05, 0.1) is 12.1 Å². The van der Waals surface area contributed by atoms with Crippen molar-refractivity contribution in [2.75, 3.05) is 7.11 Å². The van der Waals surface area contributed by atoms with E-state index in [0.717, 1.165) is 5.56 Å². The SMILES string of the molecule is COc1cccc(CNCc2ccc(F)c(Cl)c2)c1OC(F)F. The monoisotopic (exact) mass is 345 g/mol. The number of alkyl halides is 2. The van der Waals surface area contributed by atoms with Gasteiger partial charge < -0.3 is 14.8 Å². The lowest BCUT2D eigenvalue weighted by Crippen LogP contribution is -2.15. The number of rotatable bonds is 7. The van der Waals surface area contributed by atoms with Crippen molar-refractivity contribution in [1.82, 2.24) is 5.32 Å². The maximum absolute atomic E-state index is 13.1. The average Bonchev–Trinajstić information content (AvgIpc) is 2.51. The molecular weight excluding hydrogens is 331 g/mol. The van der Waals surface area contributed by atoms with Gasteiger partial charge in [0.25, 0.3) is 0 Å². The minimum atomic E-state index is -2.94. The first kappa shape index (κ1) is 17.4. The molecule has 0 bridgehead atoms. The Bertz CT molecular complexity index is 668. The summed E-state index contributed by atoms with van der Waals surface area (Å²) in [6.07, 6.45) is 0. The van der Waals surface area contributed by atoms with E-state index >= 15 is 0 Å². The Kier molecular flexibility index (Phi) is 6.12. The Morgan fingerprint density at radius 3 is 2.61 bits per heavy atom. The van der Waals surface area contributed by atoms with Gasteiger partial charge in [-0.1, -0.05) is 29.8 Å². The molecule has 3 nitrogen and oxygen atoms in total. The van der Waals surface area contributed by atoms with Gasteiger partial charge in [-0.05, 0) is 23.8 Å². The van der Waals surface area contributed by atoms with Gasteiger partial charge in [-0.2, -0.15) is 8.78 Å². The zero-order valence-electron chi connectivity index (χ0n) is 12.3. The molecule has 0 fully saturated rings. The van der Waals surface area contributed by atoms with E-state index in [-0.39, 0.29) is 23.1 Å². The van der Waals surface area contributed by atoms with Gasteiger partial charge in [-0.3, -0.25) is 0 Å². The third kappa shape index (κ3) is 4.77. The van der Waals surface area contributed by atoms with E-state index in [1.165, 1.54) is 19.2 Å². The highest BCUT2D eigenvalue weighted by Gasteiger charge is 2.15. The first-order valence-electron chi connectivity index (χ1n) is 6.76. The molecule has 0 heterocycles. The molecule has 2 rings (SSSR count). The minimum absolute atomic E-state index is 0.00496. The fourth-order valence-electron chi connectivity index (χ4n) is 2.08. The van der Waals surface area contributed by atoms with Crippen molar-refractivity contribution < 1.29 is 22.6 Å². The van der Waals surface area contributed by atoms with Crippen LogP contribution >= 0.6 is 11.6 Å². The van der Waals surface area contributed by atoms with E-state index in [0.29, 0.717) is 12.1 Å². The number of hydrogen-bond acceptors (Lipinski definition) is 3. The summed E-state index contributed by atoms with van der Waals surface area (Å²) in [5.41, 5.74) is 1.30. The van der Waals surface area contributed by atoms with E-state index in [1.807, 2.05) is 0 Å². The highest BCUT2D eigenvalue weighted by molar-refractivity contribution is 6.30. The molecule has 7 heteroatoms. The fraction of sp³-hybridized carbons (Fsp3) is 0.250. The van der Waals surface area contributed by atoms with Crippen LogP contribution in [0.1, 0.15) is 11.1 Å². The zero-order chi connectivity index (χ0) is 16.8. The highest BCUT2D eigenvalue weighted by atomic mass is 35.5. The number of halogens is 4. The Morgan fingerprint density at radius 1 is 1.17 bits per heavy atom. The maximum atomic E-state index is 13.1.